The lowest BCUT2D eigenvalue weighted by molar-refractivity contribution is 1.02. The second kappa shape index (κ2) is 2.92. The number of hydrogen-bond acceptors (Lipinski definition) is 2. The minimum absolute atomic E-state index is 0.767. The number of aryl methyl sites for hydroxylation is 1. The van der Waals surface area contributed by atoms with Crippen LogP contribution >= 0.6 is 0 Å². The van der Waals surface area contributed by atoms with Gasteiger partial charge in [-0.2, -0.15) is 0 Å². The molecule has 0 fully saturated rings. The Balaban J connectivity index is 2.72. The number of nitrogen functional groups attached to an aromatic ring is 2. The van der Waals surface area contributed by atoms with Crippen LogP contribution in [0.3, 0.4) is 0 Å². The van der Waals surface area contributed by atoms with Crippen LogP contribution in [-0.2, 0) is 7.05 Å². The highest BCUT2D eigenvalue weighted by atomic mass is 15.0. The van der Waals surface area contributed by atoms with Crippen molar-refractivity contribution in [1.82, 2.24) is 4.57 Å². The van der Waals surface area contributed by atoms with E-state index in [9.17, 15) is 0 Å². The van der Waals surface area contributed by atoms with E-state index in [1.54, 1.807) is 0 Å². The highest BCUT2D eigenvalue weighted by Gasteiger charge is 2.11. The summed E-state index contributed by atoms with van der Waals surface area (Å²) in [7, 11) is 2.01. The van der Waals surface area contributed by atoms with Crippen LogP contribution in [-0.4, -0.2) is 4.57 Å². The number of anilines is 2. The molecular formula is C13H13N3. The molecule has 2 aromatic carbocycles. The van der Waals surface area contributed by atoms with Crippen molar-refractivity contribution in [2.45, 2.75) is 0 Å². The Morgan fingerprint density at radius 2 is 1.62 bits per heavy atom. The average Bonchev–Trinajstić information content (AvgIpc) is 2.60. The Hall–Kier alpha value is -2.16. The van der Waals surface area contributed by atoms with E-state index in [0.29, 0.717) is 0 Å². The normalized spacial score (nSPS) is 11.3. The molecule has 0 saturated heterocycles. The number of aromatic nitrogens is 1. The van der Waals surface area contributed by atoms with Gasteiger partial charge in [0.05, 0.1) is 11.2 Å². The fraction of sp³-hybridized carbons (Fsp3) is 0.0769. The molecule has 0 saturated carbocycles. The van der Waals surface area contributed by atoms with Crippen molar-refractivity contribution in [3.8, 4) is 0 Å². The monoisotopic (exact) mass is 211 g/mol. The van der Waals surface area contributed by atoms with Crippen LogP contribution in [0.15, 0.2) is 36.4 Å². The second-order valence-electron chi connectivity index (χ2n) is 4.04. The Labute approximate surface area is 93.3 Å². The predicted molar refractivity (Wildman–Crippen MR) is 69.2 cm³/mol. The zero-order valence-corrected chi connectivity index (χ0v) is 9.07. The van der Waals surface area contributed by atoms with E-state index in [1.165, 1.54) is 0 Å². The molecule has 0 amide bonds. The molecule has 0 unspecified atom stereocenters. The number of nitrogens with zero attached hydrogens (tertiary/aromatic N) is 1. The minimum Gasteiger partial charge on any atom is -0.398 e. The molecule has 3 nitrogen and oxygen atoms in total. The molecule has 80 valence electrons. The molecule has 0 aliphatic carbocycles. The van der Waals surface area contributed by atoms with Crippen LogP contribution in [0.2, 0.25) is 0 Å². The standard InChI is InChI=1S/C13H13N3/c1-16-11-5-3-2-4-8(11)12-9(14)6-7-10(15)13(12)16/h2-7H,14-15H2,1H3. The maximum atomic E-state index is 6.04. The summed E-state index contributed by atoms with van der Waals surface area (Å²) in [6.07, 6.45) is 0. The number of benzene rings is 2. The first kappa shape index (κ1) is 9.09. The maximum Gasteiger partial charge on any atom is 0.0743 e. The van der Waals surface area contributed by atoms with Gasteiger partial charge in [-0.05, 0) is 18.2 Å². The number of rotatable bonds is 0. The molecule has 3 rings (SSSR count). The lowest BCUT2D eigenvalue weighted by Gasteiger charge is -2.02. The molecule has 16 heavy (non-hydrogen) atoms. The molecule has 1 heterocycles. The zero-order valence-electron chi connectivity index (χ0n) is 9.07. The summed E-state index contributed by atoms with van der Waals surface area (Å²) in [5.74, 6) is 0. The van der Waals surface area contributed by atoms with E-state index in [-0.39, 0.29) is 0 Å². The molecule has 3 heteroatoms. The van der Waals surface area contributed by atoms with Crippen LogP contribution in [0.25, 0.3) is 21.8 Å². The highest BCUT2D eigenvalue weighted by Crippen LogP contribution is 2.35. The first-order valence-corrected chi connectivity index (χ1v) is 5.21. The molecule has 0 radical (unpaired) electrons. The van der Waals surface area contributed by atoms with Gasteiger partial charge in [-0.15, -0.1) is 0 Å². The quantitative estimate of drug-likeness (QED) is 0.561. The molecule has 4 N–H and O–H groups in total. The Morgan fingerprint density at radius 1 is 0.938 bits per heavy atom. The van der Waals surface area contributed by atoms with Crippen molar-refractivity contribution in [2.24, 2.45) is 7.05 Å². The fourth-order valence-corrected chi connectivity index (χ4v) is 2.37. The summed E-state index contributed by atoms with van der Waals surface area (Å²) in [5.41, 5.74) is 15.8. The number of nitrogens with two attached hydrogens (primary N) is 2. The van der Waals surface area contributed by atoms with Crippen LogP contribution in [0.1, 0.15) is 0 Å². The zero-order chi connectivity index (χ0) is 11.3. The highest BCUT2D eigenvalue weighted by molar-refractivity contribution is 6.16. The summed E-state index contributed by atoms with van der Waals surface area (Å²) < 4.78 is 2.09. The summed E-state index contributed by atoms with van der Waals surface area (Å²) in [6.45, 7) is 0. The topological polar surface area (TPSA) is 57.0 Å². The second-order valence-corrected chi connectivity index (χ2v) is 4.04. The lowest BCUT2D eigenvalue weighted by Crippen LogP contribution is -1.94. The fourth-order valence-electron chi connectivity index (χ4n) is 2.37. The van der Waals surface area contributed by atoms with Gasteiger partial charge in [-0.1, -0.05) is 18.2 Å². The largest absolute Gasteiger partial charge is 0.398 e. The van der Waals surface area contributed by atoms with Crippen molar-refractivity contribution in [3.63, 3.8) is 0 Å². The summed E-state index contributed by atoms with van der Waals surface area (Å²) in [4.78, 5) is 0. The van der Waals surface area contributed by atoms with Gasteiger partial charge >= 0.3 is 0 Å². The van der Waals surface area contributed by atoms with Crippen LogP contribution < -0.4 is 11.5 Å². The molecule has 0 bridgehead atoms. The Morgan fingerprint density at radius 3 is 2.44 bits per heavy atom. The van der Waals surface area contributed by atoms with E-state index in [2.05, 4.69) is 16.7 Å². The van der Waals surface area contributed by atoms with Gasteiger partial charge in [0.25, 0.3) is 0 Å². The van der Waals surface area contributed by atoms with Gasteiger partial charge in [-0.3, -0.25) is 0 Å². The maximum absolute atomic E-state index is 6.04. The van der Waals surface area contributed by atoms with E-state index in [1.807, 2.05) is 31.3 Å². The number of fused-ring (bicyclic) bond motifs is 3. The van der Waals surface area contributed by atoms with Crippen molar-refractivity contribution in [3.05, 3.63) is 36.4 Å². The number of para-hydroxylation sites is 1. The molecule has 0 atom stereocenters. The van der Waals surface area contributed by atoms with Crippen molar-refractivity contribution >= 4 is 33.2 Å². The lowest BCUT2D eigenvalue weighted by atomic mass is 10.1. The van der Waals surface area contributed by atoms with Crippen molar-refractivity contribution in [1.29, 1.82) is 0 Å². The van der Waals surface area contributed by atoms with E-state index < -0.39 is 0 Å². The number of hydrogen-bond donors (Lipinski definition) is 2. The Kier molecular flexibility index (Phi) is 1.66. The van der Waals surface area contributed by atoms with Crippen LogP contribution in [0, 0.1) is 0 Å². The first-order chi connectivity index (χ1) is 7.70. The third-order valence-corrected chi connectivity index (χ3v) is 3.11. The van der Waals surface area contributed by atoms with E-state index >= 15 is 0 Å². The summed E-state index contributed by atoms with van der Waals surface area (Å²) >= 11 is 0. The summed E-state index contributed by atoms with van der Waals surface area (Å²) in [6, 6.07) is 11.9. The molecule has 0 spiro atoms. The smallest absolute Gasteiger partial charge is 0.0743 e. The third kappa shape index (κ3) is 0.972. The van der Waals surface area contributed by atoms with Crippen LogP contribution in [0.4, 0.5) is 11.4 Å². The van der Waals surface area contributed by atoms with Crippen LogP contribution in [0.5, 0.6) is 0 Å². The van der Waals surface area contributed by atoms with Gasteiger partial charge in [0.15, 0.2) is 0 Å². The van der Waals surface area contributed by atoms with Gasteiger partial charge in [0.2, 0.25) is 0 Å². The molecule has 3 aromatic rings. The van der Waals surface area contributed by atoms with E-state index in [0.717, 1.165) is 33.2 Å². The summed E-state index contributed by atoms with van der Waals surface area (Å²) in [5, 5.41) is 2.21. The Bertz CT molecular complexity index is 695. The van der Waals surface area contributed by atoms with E-state index in [4.69, 9.17) is 11.5 Å². The van der Waals surface area contributed by atoms with Gasteiger partial charge in [0.1, 0.15) is 0 Å². The molecule has 1 aromatic heterocycles. The molecule has 0 aliphatic rings. The van der Waals surface area contributed by atoms with Gasteiger partial charge in [-0.25, -0.2) is 0 Å². The van der Waals surface area contributed by atoms with Gasteiger partial charge < -0.3 is 16.0 Å². The molecule has 0 aliphatic heterocycles. The minimum atomic E-state index is 0.767. The van der Waals surface area contributed by atoms with Gasteiger partial charge in [0, 0.05) is 29.0 Å². The first-order valence-electron chi connectivity index (χ1n) is 5.21. The molecular weight excluding hydrogens is 198 g/mol. The SMILES string of the molecule is Cn1c2ccccc2c2c(N)ccc(N)c21. The van der Waals surface area contributed by atoms with Crippen molar-refractivity contribution in [2.75, 3.05) is 11.5 Å². The predicted octanol–water partition coefficient (Wildman–Crippen LogP) is 2.50. The third-order valence-electron chi connectivity index (χ3n) is 3.11. The average molecular weight is 211 g/mol. The van der Waals surface area contributed by atoms with Crippen molar-refractivity contribution < 1.29 is 0 Å².